The average molecular weight is 384 g/mol. The summed E-state index contributed by atoms with van der Waals surface area (Å²) in [5.74, 6) is -2.71. The Morgan fingerprint density at radius 2 is 1.57 bits per heavy atom. The first kappa shape index (κ1) is 19.8. The molecule has 2 atom stereocenters. The number of amides is 3. The van der Waals surface area contributed by atoms with Crippen LogP contribution in [0.1, 0.15) is 29.5 Å². The number of hydrogen-bond donors (Lipinski definition) is 1. The van der Waals surface area contributed by atoms with E-state index in [1.54, 1.807) is 0 Å². The first-order chi connectivity index (χ1) is 13.3. The molecule has 3 rings (SSSR count). The maximum absolute atomic E-state index is 12.4. The van der Waals surface area contributed by atoms with Crippen LogP contribution in [0.3, 0.4) is 0 Å². The number of carbonyl (C=O) groups is 4. The zero-order valence-corrected chi connectivity index (χ0v) is 16.3. The molecular formula is C21H24N2O5. The molecule has 1 aromatic carbocycles. The van der Waals surface area contributed by atoms with Crippen molar-refractivity contribution in [2.24, 2.45) is 11.8 Å². The van der Waals surface area contributed by atoms with Crippen LogP contribution in [0.2, 0.25) is 0 Å². The van der Waals surface area contributed by atoms with E-state index < -0.39 is 25.0 Å². The lowest BCUT2D eigenvalue weighted by Crippen LogP contribution is -2.37. The summed E-state index contributed by atoms with van der Waals surface area (Å²) in [5, 5.41) is 2.74. The van der Waals surface area contributed by atoms with Gasteiger partial charge < -0.3 is 10.1 Å². The molecule has 148 valence electrons. The molecule has 0 saturated carbocycles. The highest BCUT2D eigenvalue weighted by atomic mass is 16.5. The average Bonchev–Trinajstić information content (AvgIpc) is 2.88. The van der Waals surface area contributed by atoms with E-state index in [1.807, 2.05) is 45.1 Å². The molecule has 2 aliphatic rings. The predicted octanol–water partition coefficient (Wildman–Crippen LogP) is 2.04. The van der Waals surface area contributed by atoms with Gasteiger partial charge in [-0.2, -0.15) is 0 Å². The molecule has 7 nitrogen and oxygen atoms in total. The number of esters is 1. The van der Waals surface area contributed by atoms with Crippen LogP contribution >= 0.6 is 0 Å². The smallest absolute Gasteiger partial charge is 0.326 e. The number of rotatable bonds is 5. The van der Waals surface area contributed by atoms with E-state index in [4.69, 9.17) is 4.74 Å². The van der Waals surface area contributed by atoms with E-state index in [-0.39, 0.29) is 23.7 Å². The molecule has 1 N–H and O–H groups in total. The fourth-order valence-electron chi connectivity index (χ4n) is 3.90. The minimum Gasteiger partial charge on any atom is -0.454 e. The lowest BCUT2D eigenvalue weighted by Gasteiger charge is -2.15. The lowest BCUT2D eigenvalue weighted by molar-refractivity contribution is -0.154. The Hall–Kier alpha value is -2.96. The SMILES string of the molecule is Cc1cc(C)c(NC(=O)COC(=O)CN2C(=O)[C@H]3CC=CC[C@@H]3C2=O)c(C)c1. The number of anilines is 1. The van der Waals surface area contributed by atoms with Crippen LogP contribution in [0.25, 0.3) is 0 Å². The van der Waals surface area contributed by atoms with Gasteiger partial charge in [0.05, 0.1) is 11.8 Å². The van der Waals surface area contributed by atoms with Gasteiger partial charge in [0, 0.05) is 5.69 Å². The summed E-state index contributed by atoms with van der Waals surface area (Å²) in [4.78, 5) is 49.9. The Morgan fingerprint density at radius 3 is 2.11 bits per heavy atom. The quantitative estimate of drug-likeness (QED) is 0.476. The summed E-state index contributed by atoms with van der Waals surface area (Å²) in [6, 6.07) is 3.90. The standard InChI is InChI=1S/C21H24N2O5/c1-12-8-13(2)19(14(3)9-12)22-17(24)11-28-18(25)10-23-20(26)15-6-4-5-7-16(15)21(23)27/h4-5,8-9,15-16H,6-7,10-11H2,1-3H3,(H,22,24)/t15-,16-/m0/s1. The molecular weight excluding hydrogens is 360 g/mol. The highest BCUT2D eigenvalue weighted by Gasteiger charge is 2.47. The van der Waals surface area contributed by atoms with Crippen LogP contribution in [0, 0.1) is 32.6 Å². The molecule has 0 aromatic heterocycles. The number of benzene rings is 1. The van der Waals surface area contributed by atoms with Crippen molar-refractivity contribution in [3.05, 3.63) is 41.0 Å². The first-order valence-corrected chi connectivity index (χ1v) is 9.31. The number of nitrogens with zero attached hydrogens (tertiary/aromatic N) is 1. The summed E-state index contributed by atoms with van der Waals surface area (Å²) in [5.41, 5.74) is 3.62. The molecule has 28 heavy (non-hydrogen) atoms. The van der Waals surface area contributed by atoms with E-state index >= 15 is 0 Å². The van der Waals surface area contributed by atoms with Crippen molar-refractivity contribution in [3.8, 4) is 0 Å². The Bertz CT molecular complexity index is 825. The van der Waals surface area contributed by atoms with Crippen LogP contribution in [0.15, 0.2) is 24.3 Å². The molecule has 1 aliphatic heterocycles. The molecule has 1 aromatic rings. The number of likely N-dealkylation sites (tertiary alicyclic amines) is 1. The van der Waals surface area contributed by atoms with Crippen LogP contribution in [0.4, 0.5) is 5.69 Å². The number of nitrogens with one attached hydrogen (secondary N) is 1. The predicted molar refractivity (Wildman–Crippen MR) is 102 cm³/mol. The molecule has 7 heteroatoms. The summed E-state index contributed by atoms with van der Waals surface area (Å²) >= 11 is 0. The summed E-state index contributed by atoms with van der Waals surface area (Å²) < 4.78 is 4.98. The molecule has 1 heterocycles. The Balaban J connectivity index is 1.53. The van der Waals surface area contributed by atoms with Gasteiger partial charge in [0.25, 0.3) is 5.91 Å². The zero-order chi connectivity index (χ0) is 20.4. The number of carbonyl (C=O) groups excluding carboxylic acids is 4. The third-order valence-electron chi connectivity index (χ3n) is 5.19. The van der Waals surface area contributed by atoms with Crippen LogP contribution in [-0.2, 0) is 23.9 Å². The van der Waals surface area contributed by atoms with Crippen molar-refractivity contribution in [2.75, 3.05) is 18.5 Å². The maximum atomic E-state index is 12.4. The van der Waals surface area contributed by atoms with Crippen LogP contribution in [-0.4, -0.2) is 41.7 Å². The third-order valence-corrected chi connectivity index (χ3v) is 5.19. The number of ether oxygens (including phenoxy) is 1. The lowest BCUT2D eigenvalue weighted by atomic mass is 9.85. The molecule has 0 unspecified atom stereocenters. The number of hydrogen-bond acceptors (Lipinski definition) is 5. The van der Waals surface area contributed by atoms with Gasteiger partial charge in [0.15, 0.2) is 6.61 Å². The fourth-order valence-corrected chi connectivity index (χ4v) is 3.90. The van der Waals surface area contributed by atoms with Gasteiger partial charge in [-0.1, -0.05) is 29.8 Å². The van der Waals surface area contributed by atoms with Gasteiger partial charge in [0.2, 0.25) is 11.8 Å². The number of imide groups is 1. The van der Waals surface area contributed by atoms with Gasteiger partial charge >= 0.3 is 5.97 Å². The Labute approximate surface area is 163 Å². The molecule has 1 saturated heterocycles. The molecule has 1 aliphatic carbocycles. The number of fused-ring (bicyclic) bond motifs is 1. The summed E-state index contributed by atoms with van der Waals surface area (Å²) in [6.45, 7) is 4.82. The topological polar surface area (TPSA) is 92.8 Å². The van der Waals surface area contributed by atoms with Crippen LogP contribution in [0.5, 0.6) is 0 Å². The van der Waals surface area contributed by atoms with Gasteiger partial charge in [-0.15, -0.1) is 0 Å². The third kappa shape index (κ3) is 3.98. The van der Waals surface area contributed by atoms with E-state index in [0.717, 1.165) is 21.6 Å². The zero-order valence-electron chi connectivity index (χ0n) is 16.3. The monoisotopic (exact) mass is 384 g/mol. The molecule has 3 amide bonds. The van der Waals surface area contributed by atoms with E-state index in [0.29, 0.717) is 18.5 Å². The number of aryl methyl sites for hydroxylation is 3. The highest BCUT2D eigenvalue weighted by Crippen LogP contribution is 2.34. The van der Waals surface area contributed by atoms with Gasteiger partial charge in [0.1, 0.15) is 6.54 Å². The Morgan fingerprint density at radius 1 is 1.04 bits per heavy atom. The fraction of sp³-hybridized carbons (Fsp3) is 0.429. The van der Waals surface area contributed by atoms with Gasteiger partial charge in [-0.25, -0.2) is 0 Å². The Kier molecular flexibility index (Phi) is 5.63. The van der Waals surface area contributed by atoms with Crippen molar-refractivity contribution in [3.63, 3.8) is 0 Å². The maximum Gasteiger partial charge on any atom is 0.326 e. The molecule has 0 radical (unpaired) electrons. The largest absolute Gasteiger partial charge is 0.454 e. The van der Waals surface area contributed by atoms with E-state index in [2.05, 4.69) is 5.32 Å². The summed E-state index contributed by atoms with van der Waals surface area (Å²) in [6.07, 6.45) is 4.79. The normalized spacial score (nSPS) is 20.9. The number of allylic oxidation sites excluding steroid dienone is 2. The van der Waals surface area contributed by atoms with Gasteiger partial charge in [-0.3, -0.25) is 24.1 Å². The van der Waals surface area contributed by atoms with Crippen LogP contribution < -0.4 is 5.32 Å². The van der Waals surface area contributed by atoms with Crippen molar-refractivity contribution in [2.45, 2.75) is 33.6 Å². The second kappa shape index (κ2) is 7.96. The molecule has 0 bridgehead atoms. The summed E-state index contributed by atoms with van der Waals surface area (Å²) in [7, 11) is 0. The van der Waals surface area contributed by atoms with Crippen molar-refractivity contribution in [1.29, 1.82) is 0 Å². The minimum absolute atomic E-state index is 0.341. The molecule has 1 fully saturated rings. The van der Waals surface area contributed by atoms with Crippen molar-refractivity contribution in [1.82, 2.24) is 4.90 Å². The first-order valence-electron chi connectivity index (χ1n) is 9.31. The van der Waals surface area contributed by atoms with Crippen molar-refractivity contribution < 1.29 is 23.9 Å². The second-order valence-corrected chi connectivity index (χ2v) is 7.40. The highest BCUT2D eigenvalue weighted by molar-refractivity contribution is 6.07. The van der Waals surface area contributed by atoms with E-state index in [1.165, 1.54) is 0 Å². The van der Waals surface area contributed by atoms with Crippen molar-refractivity contribution >= 4 is 29.4 Å². The second-order valence-electron chi connectivity index (χ2n) is 7.40. The molecule has 0 spiro atoms. The van der Waals surface area contributed by atoms with Gasteiger partial charge in [-0.05, 0) is 44.7 Å². The van der Waals surface area contributed by atoms with E-state index in [9.17, 15) is 19.2 Å². The minimum atomic E-state index is -0.777.